The van der Waals surface area contributed by atoms with Crippen LogP contribution in [0.25, 0.3) is 0 Å². The fourth-order valence-electron chi connectivity index (χ4n) is 2.62. The molecule has 0 amide bonds. The fourth-order valence-corrected chi connectivity index (χ4v) is 2.62. The Balaban J connectivity index is 2.12. The van der Waals surface area contributed by atoms with Crippen molar-refractivity contribution in [1.82, 2.24) is 4.90 Å². The van der Waals surface area contributed by atoms with Crippen LogP contribution in [0.2, 0.25) is 0 Å². The molecule has 0 spiro atoms. The third-order valence-corrected chi connectivity index (χ3v) is 3.62. The maximum absolute atomic E-state index is 9.85. The maximum Gasteiger partial charge on any atom is 0.120 e. The Hall–Kier alpha value is -1.02. The molecule has 1 fully saturated rings. The van der Waals surface area contributed by atoms with Gasteiger partial charge in [0, 0.05) is 18.2 Å². The molecule has 1 saturated heterocycles. The van der Waals surface area contributed by atoms with Crippen LogP contribution in [0.3, 0.4) is 0 Å². The third-order valence-electron chi connectivity index (χ3n) is 3.62. The molecule has 1 heterocycles. The first-order chi connectivity index (χ1) is 7.68. The molecule has 2 nitrogen and oxygen atoms in total. The molecule has 1 aromatic carbocycles. The minimum absolute atomic E-state index is 0.323. The molecule has 2 atom stereocenters. The Morgan fingerprint density at radius 2 is 2.12 bits per heavy atom. The van der Waals surface area contributed by atoms with Crippen LogP contribution in [0.1, 0.15) is 38.3 Å². The number of hydrogen-bond donors (Lipinski definition) is 1. The Morgan fingerprint density at radius 3 is 2.81 bits per heavy atom. The number of piperidine rings is 1. The van der Waals surface area contributed by atoms with Crippen LogP contribution >= 0.6 is 0 Å². The second kappa shape index (κ2) is 4.88. The van der Waals surface area contributed by atoms with Crippen molar-refractivity contribution in [1.29, 1.82) is 0 Å². The third kappa shape index (κ3) is 2.38. The normalized spacial score (nSPS) is 24.2. The van der Waals surface area contributed by atoms with Crippen LogP contribution in [0.5, 0.6) is 5.75 Å². The van der Waals surface area contributed by atoms with Crippen molar-refractivity contribution >= 4 is 0 Å². The number of aromatic hydroxyl groups is 1. The highest BCUT2D eigenvalue weighted by atomic mass is 16.3. The van der Waals surface area contributed by atoms with E-state index >= 15 is 0 Å². The van der Waals surface area contributed by atoms with Gasteiger partial charge in [-0.1, -0.05) is 25.1 Å². The van der Waals surface area contributed by atoms with Gasteiger partial charge < -0.3 is 5.11 Å². The smallest absolute Gasteiger partial charge is 0.120 e. The van der Waals surface area contributed by atoms with E-state index in [1.54, 1.807) is 6.07 Å². The van der Waals surface area contributed by atoms with Gasteiger partial charge in [-0.3, -0.25) is 4.90 Å². The van der Waals surface area contributed by atoms with E-state index in [4.69, 9.17) is 0 Å². The molecule has 1 aromatic rings. The van der Waals surface area contributed by atoms with Crippen LogP contribution in [0.15, 0.2) is 24.3 Å². The summed E-state index contributed by atoms with van der Waals surface area (Å²) in [6, 6.07) is 8.01. The molecule has 1 aliphatic heterocycles. The fraction of sp³-hybridized carbons (Fsp3) is 0.571. The second-order valence-corrected chi connectivity index (χ2v) is 4.98. The van der Waals surface area contributed by atoms with Crippen molar-refractivity contribution < 1.29 is 5.11 Å². The van der Waals surface area contributed by atoms with Crippen molar-refractivity contribution in [3.05, 3.63) is 29.8 Å². The number of benzene rings is 1. The Kier molecular flexibility index (Phi) is 3.49. The zero-order valence-electron chi connectivity index (χ0n) is 10.2. The number of hydrogen-bond acceptors (Lipinski definition) is 2. The monoisotopic (exact) mass is 219 g/mol. The quantitative estimate of drug-likeness (QED) is 0.825. The summed E-state index contributed by atoms with van der Waals surface area (Å²) in [5.74, 6) is 1.20. The van der Waals surface area contributed by atoms with Gasteiger partial charge in [0.2, 0.25) is 0 Å². The molecule has 0 saturated carbocycles. The predicted octanol–water partition coefficient (Wildman–Crippen LogP) is 3.19. The van der Waals surface area contributed by atoms with E-state index in [1.807, 2.05) is 18.2 Å². The average Bonchev–Trinajstić information content (AvgIpc) is 2.29. The number of para-hydroxylation sites is 1. The van der Waals surface area contributed by atoms with Gasteiger partial charge in [-0.2, -0.15) is 0 Å². The molecule has 16 heavy (non-hydrogen) atoms. The highest BCUT2D eigenvalue weighted by Gasteiger charge is 2.23. The van der Waals surface area contributed by atoms with Crippen molar-refractivity contribution in [2.75, 3.05) is 13.1 Å². The lowest BCUT2D eigenvalue weighted by molar-refractivity contribution is 0.137. The van der Waals surface area contributed by atoms with Gasteiger partial charge in [0.15, 0.2) is 0 Å². The summed E-state index contributed by atoms with van der Waals surface area (Å²) in [6.45, 7) is 6.80. The highest BCUT2D eigenvalue weighted by Crippen LogP contribution is 2.30. The van der Waals surface area contributed by atoms with E-state index in [0.717, 1.165) is 24.6 Å². The SMILES string of the molecule is CC1CCCN(C(C)c2ccccc2O)C1. The van der Waals surface area contributed by atoms with Gasteiger partial charge >= 0.3 is 0 Å². The average molecular weight is 219 g/mol. The zero-order chi connectivity index (χ0) is 11.5. The van der Waals surface area contributed by atoms with Crippen LogP contribution in [-0.2, 0) is 0 Å². The first kappa shape index (κ1) is 11.5. The lowest BCUT2D eigenvalue weighted by Crippen LogP contribution is -2.36. The van der Waals surface area contributed by atoms with Crippen LogP contribution < -0.4 is 0 Å². The van der Waals surface area contributed by atoms with Gasteiger partial charge in [-0.05, 0) is 38.3 Å². The van der Waals surface area contributed by atoms with E-state index in [-0.39, 0.29) is 0 Å². The van der Waals surface area contributed by atoms with Crippen molar-refractivity contribution in [2.24, 2.45) is 5.92 Å². The Morgan fingerprint density at radius 1 is 1.38 bits per heavy atom. The number of nitrogens with zero attached hydrogens (tertiary/aromatic N) is 1. The summed E-state index contributed by atoms with van der Waals surface area (Å²) >= 11 is 0. The summed E-state index contributed by atoms with van der Waals surface area (Å²) in [5, 5.41) is 9.85. The lowest BCUT2D eigenvalue weighted by atomic mass is 9.96. The Labute approximate surface area is 97.9 Å². The van der Waals surface area contributed by atoms with Crippen molar-refractivity contribution in [2.45, 2.75) is 32.7 Å². The van der Waals surface area contributed by atoms with E-state index in [2.05, 4.69) is 18.7 Å². The lowest BCUT2D eigenvalue weighted by Gasteiger charge is -2.35. The predicted molar refractivity (Wildman–Crippen MR) is 66.5 cm³/mol. The molecule has 2 heteroatoms. The number of phenolic OH excluding ortho intramolecular Hbond substituents is 1. The standard InChI is InChI=1S/C14H21NO/c1-11-6-5-9-15(10-11)12(2)13-7-3-4-8-14(13)16/h3-4,7-8,11-12,16H,5-6,9-10H2,1-2H3. The number of likely N-dealkylation sites (tertiary alicyclic amines) is 1. The molecule has 0 radical (unpaired) electrons. The summed E-state index contributed by atoms with van der Waals surface area (Å²) in [5.41, 5.74) is 1.05. The second-order valence-electron chi connectivity index (χ2n) is 4.98. The molecular weight excluding hydrogens is 198 g/mol. The summed E-state index contributed by atoms with van der Waals surface area (Å²) < 4.78 is 0. The topological polar surface area (TPSA) is 23.5 Å². The van der Waals surface area contributed by atoms with Crippen molar-refractivity contribution in [3.63, 3.8) is 0 Å². The van der Waals surface area contributed by atoms with Crippen molar-refractivity contribution in [3.8, 4) is 5.75 Å². The molecule has 1 aliphatic rings. The van der Waals surface area contributed by atoms with E-state index in [9.17, 15) is 5.11 Å². The van der Waals surface area contributed by atoms with Gasteiger partial charge in [-0.25, -0.2) is 0 Å². The molecule has 0 aromatic heterocycles. The van der Waals surface area contributed by atoms with Crippen LogP contribution in [0.4, 0.5) is 0 Å². The molecule has 2 unspecified atom stereocenters. The highest BCUT2D eigenvalue weighted by molar-refractivity contribution is 5.34. The first-order valence-electron chi connectivity index (χ1n) is 6.20. The van der Waals surface area contributed by atoms with E-state index in [0.29, 0.717) is 11.8 Å². The van der Waals surface area contributed by atoms with E-state index < -0.39 is 0 Å². The van der Waals surface area contributed by atoms with Gasteiger partial charge in [0.05, 0.1) is 0 Å². The number of rotatable bonds is 2. The van der Waals surface area contributed by atoms with Gasteiger partial charge in [-0.15, -0.1) is 0 Å². The molecule has 2 rings (SSSR count). The summed E-state index contributed by atoms with van der Waals surface area (Å²) in [4.78, 5) is 2.48. The summed E-state index contributed by atoms with van der Waals surface area (Å²) in [6.07, 6.45) is 2.61. The first-order valence-corrected chi connectivity index (χ1v) is 6.20. The largest absolute Gasteiger partial charge is 0.508 e. The molecule has 0 bridgehead atoms. The van der Waals surface area contributed by atoms with Gasteiger partial charge in [0.1, 0.15) is 5.75 Å². The summed E-state index contributed by atoms with van der Waals surface area (Å²) in [7, 11) is 0. The van der Waals surface area contributed by atoms with Crippen LogP contribution in [-0.4, -0.2) is 23.1 Å². The minimum atomic E-state index is 0.323. The molecule has 0 aliphatic carbocycles. The maximum atomic E-state index is 9.85. The van der Waals surface area contributed by atoms with E-state index in [1.165, 1.54) is 12.8 Å². The molecule has 1 N–H and O–H groups in total. The zero-order valence-corrected chi connectivity index (χ0v) is 10.2. The molecular formula is C14H21NO. The van der Waals surface area contributed by atoms with Gasteiger partial charge in [0.25, 0.3) is 0 Å². The number of phenols is 1. The Bertz CT molecular complexity index is 350. The van der Waals surface area contributed by atoms with Crippen LogP contribution in [0, 0.1) is 5.92 Å². The minimum Gasteiger partial charge on any atom is -0.508 e. The molecule has 88 valence electrons.